The van der Waals surface area contributed by atoms with Crippen molar-refractivity contribution < 1.29 is 14.6 Å². The van der Waals surface area contributed by atoms with Crippen molar-refractivity contribution >= 4 is 11.6 Å². The van der Waals surface area contributed by atoms with Gasteiger partial charge < -0.3 is 15.6 Å². The number of nitrogen functional groups attached to an aromatic ring is 1. The van der Waals surface area contributed by atoms with E-state index in [0.29, 0.717) is 0 Å². The zero-order chi connectivity index (χ0) is 15.7. The number of nitrogens with zero attached hydrogens (tertiary/aromatic N) is 3. The average molecular weight is 308 g/mol. The molecule has 8 nitrogen and oxygen atoms in total. The number of hydrogen-bond donors (Lipinski definition) is 2. The monoisotopic (exact) mass is 308 g/mol. The standard InChI is InChI=1S/C14H20N4O4/c15-11-3-6-18(14(21)16-11)12-7-9(19)13(22-12)10(20)8-17-4-1-2-5-17/h3,6,9,12-13,19H,1-2,4-5,7-8H2,(H2,15,16,21)/t9-,12+,13-/m0/s1. The smallest absolute Gasteiger partial charge is 0.351 e. The molecule has 22 heavy (non-hydrogen) atoms. The van der Waals surface area contributed by atoms with Crippen LogP contribution < -0.4 is 11.4 Å². The molecule has 3 rings (SSSR count). The first-order valence-electron chi connectivity index (χ1n) is 7.48. The van der Waals surface area contributed by atoms with Gasteiger partial charge >= 0.3 is 5.69 Å². The summed E-state index contributed by atoms with van der Waals surface area (Å²) in [5.74, 6) is -0.0187. The minimum Gasteiger partial charge on any atom is -0.390 e. The van der Waals surface area contributed by atoms with Crippen molar-refractivity contribution in [3.63, 3.8) is 0 Å². The highest BCUT2D eigenvalue weighted by atomic mass is 16.5. The fraction of sp³-hybridized carbons (Fsp3) is 0.643. The number of rotatable bonds is 4. The lowest BCUT2D eigenvalue weighted by Gasteiger charge is -2.19. The highest BCUT2D eigenvalue weighted by Gasteiger charge is 2.40. The molecule has 1 aromatic heterocycles. The van der Waals surface area contributed by atoms with Crippen LogP contribution in [-0.4, -0.2) is 57.2 Å². The second-order valence-corrected chi connectivity index (χ2v) is 5.81. The predicted octanol–water partition coefficient (Wildman–Crippen LogP) is -0.861. The van der Waals surface area contributed by atoms with Gasteiger partial charge in [0.2, 0.25) is 0 Å². The molecule has 2 fully saturated rings. The molecular weight excluding hydrogens is 288 g/mol. The highest BCUT2D eigenvalue weighted by Crippen LogP contribution is 2.28. The number of hydrogen-bond acceptors (Lipinski definition) is 7. The number of aliphatic hydroxyl groups excluding tert-OH is 1. The van der Waals surface area contributed by atoms with Gasteiger partial charge in [0.1, 0.15) is 18.1 Å². The van der Waals surface area contributed by atoms with Gasteiger partial charge in [-0.15, -0.1) is 0 Å². The Morgan fingerprint density at radius 2 is 2.18 bits per heavy atom. The third kappa shape index (κ3) is 3.03. The maximum Gasteiger partial charge on any atom is 0.351 e. The number of ketones is 1. The van der Waals surface area contributed by atoms with E-state index in [4.69, 9.17) is 10.5 Å². The molecule has 8 heteroatoms. The Balaban J connectivity index is 1.68. The molecule has 3 atom stereocenters. The number of aliphatic hydroxyl groups is 1. The number of likely N-dealkylation sites (tertiary alicyclic amines) is 1. The van der Waals surface area contributed by atoms with Crippen LogP contribution in [0.15, 0.2) is 17.1 Å². The molecule has 2 aliphatic rings. The Morgan fingerprint density at radius 3 is 2.86 bits per heavy atom. The van der Waals surface area contributed by atoms with Crippen LogP contribution in [-0.2, 0) is 9.53 Å². The normalized spacial score (nSPS) is 29.0. The molecule has 0 spiro atoms. The van der Waals surface area contributed by atoms with E-state index >= 15 is 0 Å². The minimum absolute atomic E-state index is 0.126. The van der Waals surface area contributed by atoms with Gasteiger partial charge in [-0.05, 0) is 32.0 Å². The fourth-order valence-corrected chi connectivity index (χ4v) is 3.01. The first kappa shape index (κ1) is 15.1. The van der Waals surface area contributed by atoms with E-state index in [1.807, 2.05) is 0 Å². The summed E-state index contributed by atoms with van der Waals surface area (Å²) in [6.07, 6.45) is 1.34. The molecule has 3 N–H and O–H groups in total. The lowest BCUT2D eigenvalue weighted by atomic mass is 10.1. The number of aromatic nitrogens is 2. The second-order valence-electron chi connectivity index (χ2n) is 5.81. The summed E-state index contributed by atoms with van der Waals surface area (Å²) in [5.41, 5.74) is 4.90. The number of nitrogens with two attached hydrogens (primary N) is 1. The van der Waals surface area contributed by atoms with E-state index < -0.39 is 24.1 Å². The third-order valence-corrected chi connectivity index (χ3v) is 4.15. The Kier molecular flexibility index (Phi) is 4.23. The Bertz CT molecular complexity index is 611. The molecule has 0 amide bonds. The van der Waals surface area contributed by atoms with Crippen LogP contribution in [0.4, 0.5) is 5.82 Å². The molecule has 0 bridgehead atoms. The molecule has 1 aromatic rings. The summed E-state index contributed by atoms with van der Waals surface area (Å²) in [6, 6.07) is 1.48. The zero-order valence-corrected chi connectivity index (χ0v) is 12.2. The quantitative estimate of drug-likeness (QED) is 0.744. The number of ether oxygens (including phenoxy) is 1. The summed E-state index contributed by atoms with van der Waals surface area (Å²) in [7, 11) is 0. The van der Waals surface area contributed by atoms with Gasteiger partial charge in [0.25, 0.3) is 0 Å². The SMILES string of the molecule is Nc1ccn([C@H]2C[C@H](O)[C@@H](C(=O)CN3CCCC3)O2)c(=O)n1. The summed E-state index contributed by atoms with van der Waals surface area (Å²) in [4.78, 5) is 29.8. The number of carbonyl (C=O) groups excluding carboxylic acids is 1. The van der Waals surface area contributed by atoms with Crippen LogP contribution >= 0.6 is 0 Å². The maximum atomic E-state index is 12.3. The molecule has 120 valence electrons. The number of Topliss-reactive ketones (excluding diaryl/α,β-unsaturated/α-hetero) is 1. The van der Waals surface area contributed by atoms with Crippen molar-refractivity contribution in [1.29, 1.82) is 0 Å². The van der Waals surface area contributed by atoms with Gasteiger partial charge in [-0.25, -0.2) is 4.79 Å². The van der Waals surface area contributed by atoms with Gasteiger partial charge in [0, 0.05) is 12.6 Å². The highest BCUT2D eigenvalue weighted by molar-refractivity contribution is 5.85. The lowest BCUT2D eigenvalue weighted by molar-refractivity contribution is -0.136. The van der Waals surface area contributed by atoms with E-state index in [2.05, 4.69) is 9.88 Å². The zero-order valence-electron chi connectivity index (χ0n) is 12.2. The largest absolute Gasteiger partial charge is 0.390 e. The molecule has 0 aromatic carbocycles. The third-order valence-electron chi connectivity index (χ3n) is 4.15. The topological polar surface area (TPSA) is 111 Å². The van der Waals surface area contributed by atoms with Gasteiger partial charge in [-0.1, -0.05) is 0 Å². The van der Waals surface area contributed by atoms with Crippen LogP contribution in [0.5, 0.6) is 0 Å². The molecular formula is C14H20N4O4. The van der Waals surface area contributed by atoms with Gasteiger partial charge in [0.05, 0.1) is 12.6 Å². The van der Waals surface area contributed by atoms with Crippen molar-refractivity contribution in [3.8, 4) is 0 Å². The Labute approximate surface area is 127 Å². The van der Waals surface area contributed by atoms with E-state index in [-0.39, 0.29) is 24.6 Å². The van der Waals surface area contributed by atoms with Crippen LogP contribution in [0, 0.1) is 0 Å². The Morgan fingerprint density at radius 1 is 1.45 bits per heavy atom. The molecule has 2 aliphatic heterocycles. The van der Waals surface area contributed by atoms with E-state index in [9.17, 15) is 14.7 Å². The fourth-order valence-electron chi connectivity index (χ4n) is 3.01. The van der Waals surface area contributed by atoms with Crippen molar-refractivity contribution in [1.82, 2.24) is 14.5 Å². The van der Waals surface area contributed by atoms with Crippen molar-refractivity contribution in [2.75, 3.05) is 25.4 Å². The summed E-state index contributed by atoms with van der Waals surface area (Å²) in [5, 5.41) is 10.1. The first-order chi connectivity index (χ1) is 10.5. The number of carbonyl (C=O) groups is 1. The summed E-state index contributed by atoms with van der Waals surface area (Å²) >= 11 is 0. The molecule has 0 radical (unpaired) electrons. The summed E-state index contributed by atoms with van der Waals surface area (Å²) in [6.45, 7) is 2.09. The van der Waals surface area contributed by atoms with E-state index in [1.165, 1.54) is 16.8 Å². The first-order valence-corrected chi connectivity index (χ1v) is 7.48. The van der Waals surface area contributed by atoms with Gasteiger partial charge in [-0.2, -0.15) is 4.98 Å². The van der Waals surface area contributed by atoms with Crippen LogP contribution in [0.25, 0.3) is 0 Å². The predicted molar refractivity (Wildman–Crippen MR) is 78.1 cm³/mol. The van der Waals surface area contributed by atoms with Crippen molar-refractivity contribution in [2.45, 2.75) is 37.7 Å². The van der Waals surface area contributed by atoms with E-state index in [1.54, 1.807) is 0 Å². The van der Waals surface area contributed by atoms with Gasteiger partial charge in [0.15, 0.2) is 5.78 Å². The molecule has 3 heterocycles. The van der Waals surface area contributed by atoms with Crippen molar-refractivity contribution in [3.05, 3.63) is 22.7 Å². The van der Waals surface area contributed by atoms with Crippen LogP contribution in [0.2, 0.25) is 0 Å². The van der Waals surface area contributed by atoms with Gasteiger partial charge in [-0.3, -0.25) is 14.3 Å². The van der Waals surface area contributed by atoms with E-state index in [0.717, 1.165) is 25.9 Å². The molecule has 0 unspecified atom stereocenters. The minimum atomic E-state index is -0.912. The second kappa shape index (κ2) is 6.15. The summed E-state index contributed by atoms with van der Waals surface area (Å²) < 4.78 is 6.86. The Hall–Kier alpha value is -1.77. The maximum absolute atomic E-state index is 12.3. The van der Waals surface area contributed by atoms with Crippen molar-refractivity contribution in [2.24, 2.45) is 0 Å². The van der Waals surface area contributed by atoms with Crippen LogP contribution in [0.1, 0.15) is 25.5 Å². The lowest BCUT2D eigenvalue weighted by Crippen LogP contribution is -2.38. The van der Waals surface area contributed by atoms with Crippen LogP contribution in [0.3, 0.4) is 0 Å². The molecule has 2 saturated heterocycles. The molecule has 0 saturated carbocycles. The number of anilines is 1. The average Bonchev–Trinajstić information content (AvgIpc) is 3.08. The molecule has 0 aliphatic carbocycles.